The lowest BCUT2D eigenvalue weighted by molar-refractivity contribution is 0.0215. The van der Waals surface area contributed by atoms with Crippen molar-refractivity contribution >= 4 is 0 Å². The first-order valence-corrected chi connectivity index (χ1v) is 14.3. The molecule has 194 valence electrons. The number of hydrogen-bond acceptors (Lipinski definition) is 2. The van der Waals surface area contributed by atoms with Gasteiger partial charge >= 0.3 is 0 Å². The first kappa shape index (κ1) is 31.9. The van der Waals surface area contributed by atoms with Gasteiger partial charge in [-0.3, -0.25) is 0 Å². The van der Waals surface area contributed by atoms with Gasteiger partial charge in [-0.25, -0.2) is 0 Å². The SMILES string of the molecule is CC(C)CCCC(C)CCCC(C)(O)CCCCC(C)(O)CCCC(C)CCCC(C)C. The van der Waals surface area contributed by atoms with Crippen molar-refractivity contribution in [3.05, 3.63) is 0 Å². The summed E-state index contributed by atoms with van der Waals surface area (Å²) in [5, 5.41) is 21.5. The fourth-order valence-electron chi connectivity index (χ4n) is 4.96. The number of rotatable bonds is 21. The Balaban J connectivity index is 3.88. The second kappa shape index (κ2) is 17.4. The van der Waals surface area contributed by atoms with Crippen LogP contribution in [0.5, 0.6) is 0 Å². The van der Waals surface area contributed by atoms with E-state index in [0.717, 1.165) is 75.0 Å². The fourth-order valence-corrected chi connectivity index (χ4v) is 4.96. The molecule has 0 fully saturated rings. The zero-order valence-corrected chi connectivity index (χ0v) is 23.5. The molecular formula is C30H62O2. The summed E-state index contributed by atoms with van der Waals surface area (Å²) in [6, 6.07) is 0. The Kier molecular flexibility index (Phi) is 17.3. The van der Waals surface area contributed by atoms with Gasteiger partial charge in [0.25, 0.3) is 0 Å². The standard InChI is InChI=1S/C30H62O2/c1-25(2)15-11-17-27(5)19-13-23-29(7,31)21-9-10-22-30(8,32)24-14-20-28(6)18-12-16-26(3)4/h25-28,31-32H,9-24H2,1-8H3. The highest BCUT2D eigenvalue weighted by molar-refractivity contribution is 4.76. The van der Waals surface area contributed by atoms with E-state index in [0.29, 0.717) is 0 Å². The van der Waals surface area contributed by atoms with Crippen molar-refractivity contribution in [2.24, 2.45) is 23.7 Å². The Morgan fingerprint density at radius 2 is 0.719 bits per heavy atom. The van der Waals surface area contributed by atoms with Crippen LogP contribution in [-0.4, -0.2) is 21.4 Å². The predicted molar refractivity (Wildman–Crippen MR) is 143 cm³/mol. The van der Waals surface area contributed by atoms with Gasteiger partial charge in [0.2, 0.25) is 0 Å². The van der Waals surface area contributed by atoms with Crippen LogP contribution in [0.3, 0.4) is 0 Å². The summed E-state index contributed by atoms with van der Waals surface area (Å²) in [6.07, 6.45) is 18.3. The summed E-state index contributed by atoms with van der Waals surface area (Å²) in [7, 11) is 0. The van der Waals surface area contributed by atoms with E-state index in [1.165, 1.54) is 51.4 Å². The van der Waals surface area contributed by atoms with Gasteiger partial charge in [-0.2, -0.15) is 0 Å². The van der Waals surface area contributed by atoms with E-state index in [-0.39, 0.29) is 0 Å². The lowest BCUT2D eigenvalue weighted by atomic mass is 9.86. The van der Waals surface area contributed by atoms with Crippen LogP contribution in [0.25, 0.3) is 0 Å². The van der Waals surface area contributed by atoms with Crippen LogP contribution < -0.4 is 0 Å². The number of hydrogen-bond donors (Lipinski definition) is 2. The zero-order chi connectivity index (χ0) is 24.6. The van der Waals surface area contributed by atoms with Gasteiger partial charge in [0.05, 0.1) is 11.2 Å². The monoisotopic (exact) mass is 454 g/mol. The molecule has 0 saturated heterocycles. The molecule has 2 nitrogen and oxygen atoms in total. The summed E-state index contributed by atoms with van der Waals surface area (Å²) in [5.41, 5.74) is -1.09. The topological polar surface area (TPSA) is 40.5 Å². The Labute approximate surface area is 203 Å². The van der Waals surface area contributed by atoms with Crippen LogP contribution in [-0.2, 0) is 0 Å². The van der Waals surface area contributed by atoms with Gasteiger partial charge in [-0.15, -0.1) is 0 Å². The minimum atomic E-state index is -0.547. The van der Waals surface area contributed by atoms with Crippen molar-refractivity contribution in [3.63, 3.8) is 0 Å². The first-order valence-electron chi connectivity index (χ1n) is 14.3. The first-order chi connectivity index (χ1) is 14.8. The third-order valence-electron chi connectivity index (χ3n) is 7.46. The molecule has 0 radical (unpaired) electrons. The van der Waals surface area contributed by atoms with Gasteiger partial charge in [0, 0.05) is 0 Å². The molecule has 0 aromatic rings. The molecule has 0 amide bonds. The quantitative estimate of drug-likeness (QED) is 0.170. The summed E-state index contributed by atoms with van der Waals surface area (Å²) >= 11 is 0. The van der Waals surface area contributed by atoms with Gasteiger partial charge in [0.1, 0.15) is 0 Å². The fraction of sp³-hybridized carbons (Fsp3) is 1.00. The highest BCUT2D eigenvalue weighted by Gasteiger charge is 2.23. The van der Waals surface area contributed by atoms with Crippen molar-refractivity contribution in [2.75, 3.05) is 0 Å². The molecule has 0 aliphatic carbocycles. The summed E-state index contributed by atoms with van der Waals surface area (Å²) < 4.78 is 0. The van der Waals surface area contributed by atoms with Gasteiger partial charge in [-0.1, -0.05) is 119 Å². The second-order valence-electron chi connectivity index (χ2n) is 12.8. The molecule has 0 spiro atoms. The molecule has 0 aromatic heterocycles. The van der Waals surface area contributed by atoms with Crippen molar-refractivity contribution in [3.8, 4) is 0 Å². The van der Waals surface area contributed by atoms with Crippen LogP contribution in [0, 0.1) is 23.7 Å². The molecule has 0 rings (SSSR count). The van der Waals surface area contributed by atoms with E-state index in [1.807, 2.05) is 13.8 Å². The number of aliphatic hydroxyl groups is 2. The molecule has 0 aliphatic rings. The summed E-state index contributed by atoms with van der Waals surface area (Å²) in [5.74, 6) is 3.17. The molecular weight excluding hydrogens is 392 g/mol. The zero-order valence-electron chi connectivity index (χ0n) is 23.5. The van der Waals surface area contributed by atoms with Crippen molar-refractivity contribution in [1.82, 2.24) is 0 Å². The Morgan fingerprint density at radius 3 is 1.03 bits per heavy atom. The third kappa shape index (κ3) is 20.5. The molecule has 32 heavy (non-hydrogen) atoms. The average molecular weight is 455 g/mol. The minimum Gasteiger partial charge on any atom is -0.390 e. The third-order valence-corrected chi connectivity index (χ3v) is 7.46. The number of unbranched alkanes of at least 4 members (excludes halogenated alkanes) is 1. The lowest BCUT2D eigenvalue weighted by Gasteiger charge is -2.26. The average Bonchev–Trinajstić information content (AvgIpc) is 2.64. The molecule has 0 heterocycles. The Hall–Kier alpha value is -0.0800. The van der Waals surface area contributed by atoms with Crippen molar-refractivity contribution < 1.29 is 10.2 Å². The highest BCUT2D eigenvalue weighted by Crippen LogP contribution is 2.27. The molecule has 0 saturated carbocycles. The summed E-state index contributed by atoms with van der Waals surface area (Å²) in [6.45, 7) is 18.0. The molecule has 4 atom stereocenters. The van der Waals surface area contributed by atoms with E-state index in [4.69, 9.17) is 0 Å². The molecule has 0 aliphatic heterocycles. The van der Waals surface area contributed by atoms with E-state index in [1.54, 1.807) is 0 Å². The summed E-state index contributed by atoms with van der Waals surface area (Å²) in [4.78, 5) is 0. The largest absolute Gasteiger partial charge is 0.390 e. The molecule has 4 unspecified atom stereocenters. The van der Waals surface area contributed by atoms with Crippen molar-refractivity contribution in [1.29, 1.82) is 0 Å². The highest BCUT2D eigenvalue weighted by atomic mass is 16.3. The Morgan fingerprint density at radius 1 is 0.438 bits per heavy atom. The van der Waals surface area contributed by atoms with Gasteiger partial charge in [0.15, 0.2) is 0 Å². The normalized spacial score (nSPS) is 18.0. The van der Waals surface area contributed by atoms with Crippen LogP contribution in [0.2, 0.25) is 0 Å². The van der Waals surface area contributed by atoms with Crippen LogP contribution in [0.15, 0.2) is 0 Å². The van der Waals surface area contributed by atoms with Gasteiger partial charge < -0.3 is 10.2 Å². The van der Waals surface area contributed by atoms with E-state index in [2.05, 4.69) is 41.5 Å². The predicted octanol–water partition coefficient (Wildman–Crippen LogP) is 9.31. The van der Waals surface area contributed by atoms with E-state index >= 15 is 0 Å². The minimum absolute atomic E-state index is 0.547. The van der Waals surface area contributed by atoms with E-state index < -0.39 is 11.2 Å². The Bertz CT molecular complexity index is 385. The van der Waals surface area contributed by atoms with Gasteiger partial charge in [-0.05, 0) is 63.2 Å². The van der Waals surface area contributed by atoms with Crippen LogP contribution in [0.1, 0.15) is 158 Å². The van der Waals surface area contributed by atoms with Crippen molar-refractivity contribution in [2.45, 2.75) is 169 Å². The smallest absolute Gasteiger partial charge is 0.0619 e. The lowest BCUT2D eigenvalue weighted by Crippen LogP contribution is -2.26. The van der Waals surface area contributed by atoms with Crippen LogP contribution in [0.4, 0.5) is 0 Å². The molecule has 2 N–H and O–H groups in total. The molecule has 0 aromatic carbocycles. The second-order valence-corrected chi connectivity index (χ2v) is 12.8. The molecule has 2 heteroatoms. The maximum absolute atomic E-state index is 10.8. The maximum atomic E-state index is 10.8. The maximum Gasteiger partial charge on any atom is 0.0619 e. The van der Waals surface area contributed by atoms with E-state index in [9.17, 15) is 10.2 Å². The molecule has 0 bridgehead atoms. The van der Waals surface area contributed by atoms with Crippen LogP contribution >= 0.6 is 0 Å².